The van der Waals surface area contributed by atoms with Crippen molar-refractivity contribution in [2.75, 3.05) is 5.32 Å². The lowest BCUT2D eigenvalue weighted by molar-refractivity contribution is -0.713. The second-order valence-corrected chi connectivity index (χ2v) is 6.64. The molecule has 2 aromatic carbocycles. The Hall–Kier alpha value is -2.16. The van der Waals surface area contributed by atoms with Crippen molar-refractivity contribution in [2.24, 2.45) is 0 Å². The smallest absolute Gasteiger partial charge is 0.282 e. The fourth-order valence-electron chi connectivity index (χ4n) is 2.55. The van der Waals surface area contributed by atoms with Crippen LogP contribution in [0.4, 0.5) is 5.69 Å². The Morgan fingerprint density at radius 3 is 2.62 bits per heavy atom. The van der Waals surface area contributed by atoms with Crippen molar-refractivity contribution >= 4 is 27.5 Å². The number of benzene rings is 2. The van der Waals surface area contributed by atoms with E-state index in [1.165, 1.54) is 5.56 Å². The van der Waals surface area contributed by atoms with Gasteiger partial charge in [0.25, 0.3) is 5.91 Å². The fourth-order valence-corrected chi connectivity index (χ4v) is 2.82. The summed E-state index contributed by atoms with van der Waals surface area (Å²) in [6.07, 6.45) is 0.934. The number of nitrogens with zero attached hydrogens (tertiary/aromatic N) is 1. The quantitative estimate of drug-likeness (QED) is 0.798. The van der Waals surface area contributed by atoms with E-state index in [0.29, 0.717) is 11.3 Å². The molecule has 0 aliphatic carbocycles. The topological polar surface area (TPSA) is 69.5 Å². The number of anilines is 1. The van der Waals surface area contributed by atoms with Gasteiger partial charge in [0.05, 0.1) is 11.6 Å². The summed E-state index contributed by atoms with van der Waals surface area (Å²) in [6, 6.07) is 17.2. The van der Waals surface area contributed by atoms with Crippen LogP contribution in [0.5, 0.6) is 0 Å². The van der Waals surface area contributed by atoms with Crippen LogP contribution in [-0.2, 0) is 4.79 Å². The molecule has 3 N–H and O–H groups in total. The Bertz CT molecular complexity index is 737. The molecule has 24 heavy (non-hydrogen) atoms. The van der Waals surface area contributed by atoms with E-state index in [4.69, 9.17) is 5.26 Å². The summed E-state index contributed by atoms with van der Waals surface area (Å²) in [4.78, 5) is 12.4. The van der Waals surface area contributed by atoms with Crippen molar-refractivity contribution in [3.05, 3.63) is 64.1 Å². The molecule has 0 radical (unpaired) electrons. The third-order valence-corrected chi connectivity index (χ3v) is 4.46. The predicted octanol–water partition coefficient (Wildman–Crippen LogP) is 3.36. The maximum absolute atomic E-state index is 12.4. The van der Waals surface area contributed by atoms with Crippen LogP contribution in [0.1, 0.15) is 37.4 Å². The molecule has 0 saturated carbocycles. The molecular weight excluding hydrogens is 366 g/mol. The van der Waals surface area contributed by atoms with Gasteiger partial charge in [-0.15, -0.1) is 0 Å². The summed E-state index contributed by atoms with van der Waals surface area (Å²) in [5.41, 5.74) is 2.38. The van der Waals surface area contributed by atoms with Crippen molar-refractivity contribution < 1.29 is 10.1 Å². The number of nitrogens with two attached hydrogens (primary N) is 1. The summed E-state index contributed by atoms with van der Waals surface area (Å²) in [5.74, 6) is -0.0688. The molecule has 124 valence electrons. The molecule has 2 atom stereocenters. The molecule has 0 fully saturated rings. The number of hydrogen-bond donors (Lipinski definition) is 2. The molecule has 0 saturated heterocycles. The van der Waals surface area contributed by atoms with Crippen molar-refractivity contribution in [3.8, 4) is 6.07 Å². The summed E-state index contributed by atoms with van der Waals surface area (Å²) in [5, 5.41) is 13.9. The molecule has 0 aromatic heterocycles. The van der Waals surface area contributed by atoms with E-state index in [2.05, 4.69) is 51.7 Å². The van der Waals surface area contributed by atoms with Crippen LogP contribution < -0.4 is 10.6 Å². The van der Waals surface area contributed by atoms with Crippen LogP contribution in [0.15, 0.2) is 53.0 Å². The van der Waals surface area contributed by atoms with Gasteiger partial charge in [0.2, 0.25) is 0 Å². The van der Waals surface area contributed by atoms with Crippen molar-refractivity contribution in [2.45, 2.75) is 32.4 Å². The van der Waals surface area contributed by atoms with E-state index >= 15 is 0 Å². The molecule has 1 amide bonds. The first kappa shape index (κ1) is 18.2. The average Bonchev–Trinajstić information content (AvgIpc) is 2.60. The minimum atomic E-state index is -0.232. The zero-order valence-corrected chi connectivity index (χ0v) is 15.4. The second-order valence-electron chi connectivity index (χ2n) is 5.73. The maximum Gasteiger partial charge on any atom is 0.282 e. The summed E-state index contributed by atoms with van der Waals surface area (Å²) in [7, 11) is 0. The Kier molecular flexibility index (Phi) is 6.53. The average molecular weight is 387 g/mol. The predicted molar refractivity (Wildman–Crippen MR) is 98.3 cm³/mol. The van der Waals surface area contributed by atoms with Gasteiger partial charge in [-0.25, -0.2) is 0 Å². The zero-order valence-electron chi connectivity index (χ0n) is 13.8. The normalized spacial score (nSPS) is 12.9. The van der Waals surface area contributed by atoms with E-state index in [9.17, 15) is 4.79 Å². The van der Waals surface area contributed by atoms with Gasteiger partial charge in [-0.3, -0.25) is 4.79 Å². The summed E-state index contributed by atoms with van der Waals surface area (Å²) >= 11 is 3.44. The van der Waals surface area contributed by atoms with E-state index in [1.807, 2.05) is 19.1 Å². The third-order valence-electron chi connectivity index (χ3n) is 3.93. The van der Waals surface area contributed by atoms with Crippen LogP contribution >= 0.6 is 15.9 Å². The highest BCUT2D eigenvalue weighted by atomic mass is 79.9. The number of carbonyl (C=O) groups is 1. The number of nitrogens with one attached hydrogen (secondary N) is 1. The molecule has 4 nitrogen and oxygen atoms in total. The fraction of sp³-hybridized carbons (Fsp3) is 0.263. The maximum atomic E-state index is 12.4. The van der Waals surface area contributed by atoms with Gasteiger partial charge in [-0.2, -0.15) is 5.26 Å². The van der Waals surface area contributed by atoms with E-state index in [-0.39, 0.29) is 18.0 Å². The van der Waals surface area contributed by atoms with E-state index in [1.54, 1.807) is 24.3 Å². The number of carbonyl (C=O) groups excluding carboxylic acids is 1. The van der Waals surface area contributed by atoms with Crippen LogP contribution in [0.3, 0.4) is 0 Å². The molecule has 0 spiro atoms. The Morgan fingerprint density at radius 2 is 2.00 bits per heavy atom. The van der Waals surface area contributed by atoms with Gasteiger partial charge in [-0.05, 0) is 37.3 Å². The lowest BCUT2D eigenvalue weighted by atomic mass is 10.0. The van der Waals surface area contributed by atoms with Crippen molar-refractivity contribution in [1.82, 2.24) is 0 Å². The van der Waals surface area contributed by atoms with Gasteiger partial charge in [0.1, 0.15) is 6.04 Å². The number of quaternary nitrogens is 1. The zero-order chi connectivity index (χ0) is 17.5. The molecule has 2 aromatic rings. The number of halogens is 1. The van der Waals surface area contributed by atoms with Gasteiger partial charge in [-0.1, -0.05) is 41.1 Å². The van der Waals surface area contributed by atoms with Crippen LogP contribution in [0.25, 0.3) is 0 Å². The van der Waals surface area contributed by atoms with Gasteiger partial charge in [0, 0.05) is 22.1 Å². The van der Waals surface area contributed by atoms with Gasteiger partial charge in [0.15, 0.2) is 6.04 Å². The summed E-state index contributed by atoms with van der Waals surface area (Å²) in [6.45, 7) is 4.01. The minimum absolute atomic E-state index is 0.0688. The van der Waals surface area contributed by atoms with E-state index in [0.717, 1.165) is 10.9 Å². The van der Waals surface area contributed by atoms with Crippen LogP contribution in [0.2, 0.25) is 0 Å². The number of rotatable bonds is 6. The molecule has 0 heterocycles. The lowest BCUT2D eigenvalue weighted by Crippen LogP contribution is -2.92. The first-order valence-electron chi connectivity index (χ1n) is 7.95. The molecule has 0 unspecified atom stereocenters. The molecule has 0 bridgehead atoms. The Labute approximate surface area is 151 Å². The highest BCUT2D eigenvalue weighted by Gasteiger charge is 2.22. The van der Waals surface area contributed by atoms with Crippen LogP contribution in [0, 0.1) is 11.3 Å². The lowest BCUT2D eigenvalue weighted by Gasteiger charge is -2.19. The second kappa shape index (κ2) is 8.62. The summed E-state index contributed by atoms with van der Waals surface area (Å²) < 4.78 is 1.05. The van der Waals surface area contributed by atoms with Gasteiger partial charge >= 0.3 is 0 Å². The van der Waals surface area contributed by atoms with Gasteiger partial charge < -0.3 is 10.6 Å². The standard InChI is InChI=1S/C19H20BrN3O/c1-3-18(15-7-9-16(20)10-8-15)22-13(2)19(24)23-17-6-4-5-14(11-17)12-21/h4-11,13,18,22H,3H2,1-2H3,(H,23,24)/p+1/t13-,18-/m0/s1. The van der Waals surface area contributed by atoms with E-state index < -0.39 is 0 Å². The Morgan fingerprint density at radius 1 is 1.29 bits per heavy atom. The minimum Gasteiger partial charge on any atom is -0.330 e. The highest BCUT2D eigenvalue weighted by molar-refractivity contribution is 9.10. The van der Waals surface area contributed by atoms with Crippen molar-refractivity contribution in [1.29, 1.82) is 5.26 Å². The molecule has 2 rings (SSSR count). The third kappa shape index (κ3) is 4.92. The largest absolute Gasteiger partial charge is 0.330 e. The first-order chi connectivity index (χ1) is 11.5. The Balaban J connectivity index is 2.01. The molecule has 0 aliphatic heterocycles. The number of amides is 1. The monoisotopic (exact) mass is 386 g/mol. The first-order valence-corrected chi connectivity index (χ1v) is 8.74. The molecule has 5 heteroatoms. The number of nitriles is 1. The molecule has 0 aliphatic rings. The molecular formula is C19H21BrN3O+. The SMILES string of the molecule is CC[C@H]([NH2+][C@@H](C)C(=O)Nc1cccc(C#N)c1)c1ccc(Br)cc1. The number of hydrogen-bond acceptors (Lipinski definition) is 2. The van der Waals surface area contributed by atoms with Crippen LogP contribution in [-0.4, -0.2) is 11.9 Å². The van der Waals surface area contributed by atoms with Crippen molar-refractivity contribution in [3.63, 3.8) is 0 Å². The highest BCUT2D eigenvalue weighted by Crippen LogP contribution is 2.17.